The Labute approximate surface area is 82.4 Å². The van der Waals surface area contributed by atoms with Crippen LogP contribution in [-0.2, 0) is 10.9 Å². The number of primary amides is 1. The number of thiol groups is 1. The van der Waals surface area contributed by atoms with Gasteiger partial charge in [-0.1, -0.05) is 18.2 Å². The number of hydrogen-bond acceptors (Lipinski definition) is 3. The monoisotopic (exact) mass is 215 g/mol. The molecule has 7 heteroatoms. The number of carbonyl (C=O) groups is 1. The van der Waals surface area contributed by atoms with Crippen molar-refractivity contribution in [3.8, 4) is 0 Å². The van der Waals surface area contributed by atoms with Crippen molar-refractivity contribution in [3.63, 3.8) is 0 Å². The minimum absolute atomic E-state index is 0.360. The van der Waals surface area contributed by atoms with Crippen molar-refractivity contribution in [1.29, 1.82) is 0 Å². The van der Waals surface area contributed by atoms with E-state index in [9.17, 15) is 13.2 Å². The molecular weight excluding hydrogens is 206 g/mol. The second-order valence-electron chi connectivity index (χ2n) is 2.37. The fraction of sp³-hybridized carbons (Fsp3) is 0. The average Bonchev–Trinajstić information content (AvgIpc) is 2.15. The van der Waals surface area contributed by atoms with Gasteiger partial charge in [-0.05, 0) is 12.1 Å². The topological polar surface area (TPSA) is 92.5 Å². The van der Waals surface area contributed by atoms with Crippen LogP contribution in [0, 0.1) is 0 Å². The maximum atomic E-state index is 10.9. The Morgan fingerprint density at radius 2 is 1.86 bits per heavy atom. The number of para-hydroxylation sites is 1. The van der Waals surface area contributed by atoms with Crippen LogP contribution in [0.4, 0.5) is 10.5 Å². The molecule has 1 aromatic rings. The van der Waals surface area contributed by atoms with Crippen LogP contribution in [0.2, 0.25) is 0 Å². The molecule has 14 heavy (non-hydrogen) atoms. The zero-order valence-corrected chi connectivity index (χ0v) is 7.98. The van der Waals surface area contributed by atoms with Gasteiger partial charge in [-0.2, -0.15) is 0 Å². The van der Waals surface area contributed by atoms with Crippen LogP contribution < -0.4 is 15.6 Å². The Hall–Kier alpha value is -1.60. The molecule has 0 spiro atoms. The van der Waals surface area contributed by atoms with E-state index >= 15 is 0 Å². The molecule has 0 aliphatic rings. The van der Waals surface area contributed by atoms with E-state index < -0.39 is 16.9 Å². The van der Waals surface area contributed by atoms with Crippen molar-refractivity contribution in [2.75, 3.05) is 5.01 Å². The van der Waals surface area contributed by atoms with Crippen LogP contribution in [-0.4, -0.2) is 14.4 Å². The van der Waals surface area contributed by atoms with Gasteiger partial charge in [-0.25, -0.2) is 18.2 Å². The van der Waals surface area contributed by atoms with Gasteiger partial charge in [0.1, 0.15) is 0 Å². The van der Waals surface area contributed by atoms with E-state index in [1.54, 1.807) is 30.3 Å². The summed E-state index contributed by atoms with van der Waals surface area (Å²) in [5.74, 6) is 0. The standard InChI is InChI=1S/C7H9N3O3S/c8-7(11)10(9-14(12)13)6-4-2-1-3-5-6/h1-5,14H,(H2,8,11)(H,9,12,13). The Morgan fingerprint density at radius 1 is 1.29 bits per heavy atom. The lowest BCUT2D eigenvalue weighted by Gasteiger charge is -2.16. The molecule has 1 rings (SSSR count). The second kappa shape index (κ2) is 4.58. The molecule has 3 N–H and O–H groups in total. The highest BCUT2D eigenvalue weighted by Crippen LogP contribution is 2.09. The summed E-state index contributed by atoms with van der Waals surface area (Å²) in [6.07, 6.45) is 0. The highest BCUT2D eigenvalue weighted by Gasteiger charge is 2.11. The number of hydrogen-bond donors (Lipinski definition) is 3. The number of hydrazine groups is 1. The Morgan fingerprint density at radius 3 is 2.29 bits per heavy atom. The summed E-state index contributed by atoms with van der Waals surface area (Å²) in [5, 5.41) is 0.742. The number of urea groups is 1. The van der Waals surface area contributed by atoms with Gasteiger partial charge in [0.15, 0.2) is 0 Å². The van der Waals surface area contributed by atoms with Gasteiger partial charge in [0.2, 0.25) is 10.9 Å². The minimum atomic E-state index is -2.92. The summed E-state index contributed by atoms with van der Waals surface area (Å²) in [4.78, 5) is 12.8. The third-order valence-corrected chi connectivity index (χ3v) is 1.78. The number of amides is 2. The molecule has 0 aromatic heterocycles. The van der Waals surface area contributed by atoms with Gasteiger partial charge < -0.3 is 5.73 Å². The third kappa shape index (κ3) is 2.71. The summed E-state index contributed by atoms with van der Waals surface area (Å²) in [7, 11) is -2.92. The molecule has 76 valence electrons. The quantitative estimate of drug-likeness (QED) is 0.473. The van der Waals surface area contributed by atoms with Crippen molar-refractivity contribution in [1.82, 2.24) is 4.83 Å². The number of nitrogens with zero attached hydrogens (tertiary/aromatic N) is 1. The molecule has 0 fully saturated rings. The van der Waals surface area contributed by atoms with Crippen LogP contribution in [0.3, 0.4) is 0 Å². The van der Waals surface area contributed by atoms with Crippen molar-refractivity contribution in [3.05, 3.63) is 30.3 Å². The number of benzene rings is 1. The highest BCUT2D eigenvalue weighted by atomic mass is 32.2. The fourth-order valence-corrected chi connectivity index (χ4v) is 1.27. The second-order valence-corrected chi connectivity index (χ2v) is 3.08. The first-order valence-electron chi connectivity index (χ1n) is 3.66. The summed E-state index contributed by atoms with van der Waals surface area (Å²) < 4.78 is 20.7. The van der Waals surface area contributed by atoms with E-state index in [1.807, 2.05) is 4.83 Å². The van der Waals surface area contributed by atoms with Crippen LogP contribution in [0.1, 0.15) is 0 Å². The van der Waals surface area contributed by atoms with Gasteiger partial charge in [0, 0.05) is 0 Å². The fourth-order valence-electron chi connectivity index (χ4n) is 0.893. The molecule has 0 saturated carbocycles. The summed E-state index contributed by atoms with van der Waals surface area (Å²) >= 11 is 0. The molecule has 6 nitrogen and oxygen atoms in total. The molecule has 0 radical (unpaired) electrons. The van der Waals surface area contributed by atoms with Gasteiger partial charge in [0.05, 0.1) is 5.69 Å². The predicted octanol–water partition coefficient (Wildman–Crippen LogP) is -0.397. The molecule has 2 amide bonds. The first-order chi connectivity index (χ1) is 6.61. The van der Waals surface area contributed by atoms with E-state index in [-0.39, 0.29) is 0 Å². The summed E-state index contributed by atoms with van der Waals surface area (Å²) in [6, 6.07) is 7.26. The number of nitrogens with two attached hydrogens (primary N) is 1. The summed E-state index contributed by atoms with van der Waals surface area (Å²) in [6.45, 7) is 0. The number of carbonyl (C=O) groups excluding carboxylic acids is 1. The number of rotatable bonds is 3. The number of anilines is 1. The van der Waals surface area contributed by atoms with Crippen LogP contribution in [0.25, 0.3) is 0 Å². The van der Waals surface area contributed by atoms with Gasteiger partial charge in [-0.15, -0.1) is 4.83 Å². The minimum Gasteiger partial charge on any atom is -0.350 e. The first-order valence-corrected chi connectivity index (χ1v) is 4.84. The van der Waals surface area contributed by atoms with Gasteiger partial charge in [-0.3, -0.25) is 0 Å². The van der Waals surface area contributed by atoms with E-state index in [0.717, 1.165) is 5.01 Å². The Bertz CT molecular complexity index is 382. The smallest absolute Gasteiger partial charge is 0.334 e. The number of nitrogens with one attached hydrogen (secondary N) is 1. The zero-order chi connectivity index (χ0) is 10.6. The van der Waals surface area contributed by atoms with E-state index in [1.165, 1.54) is 0 Å². The third-order valence-electron chi connectivity index (χ3n) is 1.42. The SMILES string of the molecule is NC(=O)N(N[SH](=O)=O)c1ccccc1. The molecule has 0 saturated heterocycles. The predicted molar refractivity (Wildman–Crippen MR) is 52.0 cm³/mol. The lowest BCUT2D eigenvalue weighted by Crippen LogP contribution is -2.45. The van der Waals surface area contributed by atoms with Gasteiger partial charge in [0.25, 0.3) is 0 Å². The van der Waals surface area contributed by atoms with Crippen molar-refractivity contribution in [2.24, 2.45) is 5.73 Å². The maximum Gasteiger partial charge on any atom is 0.334 e. The normalized spacial score (nSPS) is 10.1. The molecule has 0 unspecified atom stereocenters. The van der Waals surface area contributed by atoms with Crippen LogP contribution in [0.5, 0.6) is 0 Å². The molecule has 0 bridgehead atoms. The van der Waals surface area contributed by atoms with E-state index in [4.69, 9.17) is 5.73 Å². The summed E-state index contributed by atoms with van der Waals surface area (Å²) in [5.41, 5.74) is 5.33. The van der Waals surface area contributed by atoms with Crippen LogP contribution >= 0.6 is 0 Å². The largest absolute Gasteiger partial charge is 0.350 e. The lowest BCUT2D eigenvalue weighted by molar-refractivity contribution is 0.253. The lowest BCUT2D eigenvalue weighted by atomic mass is 10.3. The van der Waals surface area contributed by atoms with Gasteiger partial charge >= 0.3 is 6.03 Å². The Balaban J connectivity index is 2.94. The van der Waals surface area contributed by atoms with E-state index in [2.05, 4.69) is 0 Å². The molecule has 1 aromatic carbocycles. The molecule has 0 aliphatic carbocycles. The van der Waals surface area contributed by atoms with Crippen molar-refractivity contribution in [2.45, 2.75) is 0 Å². The van der Waals surface area contributed by atoms with Crippen LogP contribution in [0.15, 0.2) is 30.3 Å². The van der Waals surface area contributed by atoms with E-state index in [0.29, 0.717) is 5.69 Å². The highest BCUT2D eigenvalue weighted by molar-refractivity contribution is 7.70. The first kappa shape index (κ1) is 10.5. The molecule has 0 aliphatic heterocycles. The van der Waals surface area contributed by atoms with Crippen molar-refractivity contribution >= 4 is 22.6 Å². The molecular formula is C7H9N3O3S. The zero-order valence-electron chi connectivity index (χ0n) is 7.08. The Kier molecular flexibility index (Phi) is 3.43. The molecule has 0 heterocycles. The van der Waals surface area contributed by atoms with Crippen molar-refractivity contribution < 1.29 is 13.2 Å². The maximum absolute atomic E-state index is 10.9. The molecule has 0 atom stereocenters. The average molecular weight is 215 g/mol.